The van der Waals surface area contributed by atoms with Crippen LogP contribution in [0.5, 0.6) is 0 Å². The summed E-state index contributed by atoms with van der Waals surface area (Å²) >= 11 is 0. The lowest BCUT2D eigenvalue weighted by atomic mass is 10.00. The number of hydrogen-bond acceptors (Lipinski definition) is 3. The average molecular weight is 395 g/mol. The van der Waals surface area contributed by atoms with Crippen molar-refractivity contribution < 1.29 is 13.2 Å². The van der Waals surface area contributed by atoms with Crippen LogP contribution in [-0.4, -0.2) is 16.5 Å². The van der Waals surface area contributed by atoms with E-state index in [1.165, 1.54) is 17.2 Å². The van der Waals surface area contributed by atoms with Crippen LogP contribution < -0.4 is 4.90 Å². The number of nitrogens with zero attached hydrogens (tertiary/aromatic N) is 3. The largest absolute Gasteiger partial charge is 0.416 e. The fourth-order valence-corrected chi connectivity index (χ4v) is 3.51. The molecule has 1 aliphatic rings. The van der Waals surface area contributed by atoms with E-state index in [-0.39, 0.29) is 0 Å². The second kappa shape index (κ2) is 7.70. The predicted octanol–water partition coefficient (Wildman–Crippen LogP) is 5.54. The van der Waals surface area contributed by atoms with E-state index in [1.54, 1.807) is 18.2 Å². The zero-order valence-corrected chi connectivity index (χ0v) is 15.9. The van der Waals surface area contributed by atoms with Crippen LogP contribution in [0.25, 0.3) is 12.2 Å². The Labute approximate surface area is 167 Å². The Hall–Kier alpha value is -3.15. The SMILES string of the molecule is Cc1nc(/C=C/c2cccc(C(F)(F)F)c2)cc(N2CCc3ccccc3C2)n1. The molecule has 1 aromatic heterocycles. The standard InChI is InChI=1S/C23H20F3N3/c1-16-27-21(10-9-17-5-4-8-20(13-17)23(24,25)26)14-22(28-16)29-12-11-18-6-2-3-7-19(18)15-29/h2-10,13-14H,11-12,15H2,1H3/b10-9+. The van der Waals surface area contributed by atoms with Gasteiger partial charge in [-0.15, -0.1) is 0 Å². The molecule has 0 N–H and O–H groups in total. The lowest BCUT2D eigenvalue weighted by molar-refractivity contribution is -0.137. The van der Waals surface area contributed by atoms with Crippen LogP contribution in [0.4, 0.5) is 19.0 Å². The van der Waals surface area contributed by atoms with E-state index in [2.05, 4.69) is 33.1 Å². The molecule has 6 heteroatoms. The second-order valence-electron chi connectivity index (χ2n) is 7.10. The fraction of sp³-hybridized carbons (Fsp3) is 0.217. The molecule has 0 atom stereocenters. The van der Waals surface area contributed by atoms with E-state index in [0.29, 0.717) is 17.1 Å². The van der Waals surface area contributed by atoms with Gasteiger partial charge in [0.25, 0.3) is 0 Å². The van der Waals surface area contributed by atoms with Crippen LogP contribution in [0.2, 0.25) is 0 Å². The molecule has 148 valence electrons. The van der Waals surface area contributed by atoms with Gasteiger partial charge in [0, 0.05) is 19.2 Å². The first-order valence-electron chi connectivity index (χ1n) is 9.41. The van der Waals surface area contributed by atoms with Crippen molar-refractivity contribution >= 4 is 18.0 Å². The van der Waals surface area contributed by atoms with Gasteiger partial charge < -0.3 is 4.90 Å². The van der Waals surface area contributed by atoms with Crippen LogP contribution >= 0.6 is 0 Å². The normalized spacial score (nSPS) is 14.3. The lowest BCUT2D eigenvalue weighted by Gasteiger charge is -2.30. The molecule has 3 aromatic rings. The molecule has 0 radical (unpaired) electrons. The summed E-state index contributed by atoms with van der Waals surface area (Å²) in [5.41, 5.74) is 3.13. The van der Waals surface area contributed by atoms with Crippen molar-refractivity contribution in [2.45, 2.75) is 26.1 Å². The van der Waals surface area contributed by atoms with E-state index < -0.39 is 11.7 Å². The van der Waals surface area contributed by atoms with Crippen molar-refractivity contribution in [1.29, 1.82) is 0 Å². The topological polar surface area (TPSA) is 29.0 Å². The van der Waals surface area contributed by atoms with Crippen molar-refractivity contribution in [3.05, 3.63) is 88.4 Å². The monoisotopic (exact) mass is 395 g/mol. The molecule has 4 rings (SSSR count). The third kappa shape index (κ3) is 4.47. The Morgan fingerprint density at radius 3 is 2.52 bits per heavy atom. The number of aromatic nitrogens is 2. The van der Waals surface area contributed by atoms with Crippen LogP contribution in [0, 0.1) is 6.92 Å². The zero-order chi connectivity index (χ0) is 20.4. The summed E-state index contributed by atoms with van der Waals surface area (Å²) in [6.07, 6.45) is -0.0282. The summed E-state index contributed by atoms with van der Waals surface area (Å²) < 4.78 is 38.7. The maximum absolute atomic E-state index is 12.9. The molecule has 0 fully saturated rings. The van der Waals surface area contributed by atoms with Gasteiger partial charge in [0.1, 0.15) is 11.6 Å². The molecule has 2 heterocycles. The highest BCUT2D eigenvalue weighted by Crippen LogP contribution is 2.30. The summed E-state index contributed by atoms with van der Waals surface area (Å²) in [5.74, 6) is 1.46. The van der Waals surface area contributed by atoms with Crippen molar-refractivity contribution in [2.75, 3.05) is 11.4 Å². The van der Waals surface area contributed by atoms with E-state index in [1.807, 2.05) is 19.1 Å². The molecule has 3 nitrogen and oxygen atoms in total. The van der Waals surface area contributed by atoms with Crippen LogP contribution in [0.1, 0.15) is 33.8 Å². The van der Waals surface area contributed by atoms with Gasteiger partial charge in [-0.25, -0.2) is 9.97 Å². The van der Waals surface area contributed by atoms with Gasteiger partial charge in [0.15, 0.2) is 0 Å². The zero-order valence-electron chi connectivity index (χ0n) is 15.9. The molecular formula is C23H20F3N3. The molecular weight excluding hydrogens is 375 g/mol. The van der Waals surface area contributed by atoms with Gasteiger partial charge >= 0.3 is 6.18 Å². The molecule has 2 aromatic carbocycles. The number of hydrogen-bond donors (Lipinski definition) is 0. The second-order valence-corrected chi connectivity index (χ2v) is 7.10. The molecule has 0 spiro atoms. The summed E-state index contributed by atoms with van der Waals surface area (Å²) in [6, 6.07) is 15.5. The highest BCUT2D eigenvalue weighted by atomic mass is 19.4. The molecule has 0 amide bonds. The number of halogens is 3. The van der Waals surface area contributed by atoms with Crippen molar-refractivity contribution in [3.63, 3.8) is 0 Å². The quantitative estimate of drug-likeness (QED) is 0.583. The van der Waals surface area contributed by atoms with Gasteiger partial charge in [-0.05, 0) is 48.2 Å². The lowest BCUT2D eigenvalue weighted by Crippen LogP contribution is -2.31. The van der Waals surface area contributed by atoms with E-state index in [9.17, 15) is 13.2 Å². The van der Waals surface area contributed by atoms with Crippen LogP contribution in [0.15, 0.2) is 54.6 Å². The van der Waals surface area contributed by atoms with E-state index in [0.717, 1.165) is 37.5 Å². The Kier molecular flexibility index (Phi) is 5.09. The molecule has 29 heavy (non-hydrogen) atoms. The minimum absolute atomic E-state index is 0.476. The third-order valence-corrected chi connectivity index (χ3v) is 4.96. The number of anilines is 1. The van der Waals surface area contributed by atoms with Gasteiger partial charge in [-0.2, -0.15) is 13.2 Å². The Bertz CT molecular complexity index is 1060. The third-order valence-electron chi connectivity index (χ3n) is 4.96. The molecule has 0 bridgehead atoms. The maximum atomic E-state index is 12.9. The summed E-state index contributed by atoms with van der Waals surface area (Å²) in [7, 11) is 0. The number of aryl methyl sites for hydroxylation is 1. The number of benzene rings is 2. The van der Waals surface area contributed by atoms with E-state index >= 15 is 0 Å². The average Bonchev–Trinajstić information content (AvgIpc) is 2.71. The first-order chi connectivity index (χ1) is 13.9. The summed E-state index contributed by atoms with van der Waals surface area (Å²) in [4.78, 5) is 11.2. The highest BCUT2D eigenvalue weighted by Gasteiger charge is 2.30. The molecule has 1 aliphatic heterocycles. The first kappa shape index (κ1) is 19.2. The molecule has 0 saturated heterocycles. The smallest absolute Gasteiger partial charge is 0.352 e. The molecule has 0 unspecified atom stereocenters. The minimum Gasteiger partial charge on any atom is -0.352 e. The van der Waals surface area contributed by atoms with Crippen LogP contribution in [0.3, 0.4) is 0 Å². The molecule has 0 saturated carbocycles. The van der Waals surface area contributed by atoms with Gasteiger partial charge in [0.2, 0.25) is 0 Å². The first-order valence-corrected chi connectivity index (χ1v) is 9.41. The van der Waals surface area contributed by atoms with Gasteiger partial charge in [-0.1, -0.05) is 42.5 Å². The Balaban J connectivity index is 1.57. The Morgan fingerprint density at radius 2 is 1.72 bits per heavy atom. The highest BCUT2D eigenvalue weighted by molar-refractivity contribution is 5.69. The van der Waals surface area contributed by atoms with Gasteiger partial charge in [-0.3, -0.25) is 0 Å². The Morgan fingerprint density at radius 1 is 0.931 bits per heavy atom. The van der Waals surface area contributed by atoms with Crippen molar-refractivity contribution in [2.24, 2.45) is 0 Å². The van der Waals surface area contributed by atoms with Crippen molar-refractivity contribution in [3.8, 4) is 0 Å². The summed E-state index contributed by atoms with van der Waals surface area (Å²) in [5, 5.41) is 0. The fourth-order valence-electron chi connectivity index (χ4n) is 3.51. The minimum atomic E-state index is -4.35. The van der Waals surface area contributed by atoms with E-state index in [4.69, 9.17) is 0 Å². The number of fused-ring (bicyclic) bond motifs is 1. The van der Waals surface area contributed by atoms with Gasteiger partial charge in [0.05, 0.1) is 11.3 Å². The predicted molar refractivity (Wildman–Crippen MR) is 108 cm³/mol. The number of alkyl halides is 3. The van der Waals surface area contributed by atoms with Crippen molar-refractivity contribution in [1.82, 2.24) is 9.97 Å². The summed E-state index contributed by atoms with van der Waals surface area (Å²) in [6.45, 7) is 3.47. The molecule has 0 aliphatic carbocycles. The maximum Gasteiger partial charge on any atom is 0.416 e. The van der Waals surface area contributed by atoms with Crippen LogP contribution in [-0.2, 0) is 19.1 Å². The number of rotatable bonds is 3.